The van der Waals surface area contributed by atoms with Gasteiger partial charge in [-0.3, -0.25) is 4.79 Å². The van der Waals surface area contributed by atoms with Crippen molar-refractivity contribution in [3.05, 3.63) is 33.5 Å². The predicted octanol–water partition coefficient (Wildman–Crippen LogP) is 2.63. The summed E-state index contributed by atoms with van der Waals surface area (Å²) in [5, 5.41) is 12.0. The van der Waals surface area contributed by atoms with E-state index in [4.69, 9.17) is 5.11 Å². The highest BCUT2D eigenvalue weighted by molar-refractivity contribution is 9.10. The third-order valence-corrected chi connectivity index (χ3v) is 4.20. The van der Waals surface area contributed by atoms with Gasteiger partial charge < -0.3 is 10.4 Å². The molecule has 1 aliphatic rings. The quantitative estimate of drug-likeness (QED) is 0.883. The second-order valence-corrected chi connectivity index (χ2v) is 5.12. The van der Waals surface area contributed by atoms with Crippen LogP contribution in [0.2, 0.25) is 0 Å². The maximum absolute atomic E-state index is 13.8. The fourth-order valence-corrected chi connectivity index (χ4v) is 2.74. The minimum Gasteiger partial charge on any atom is -0.481 e. The number of carboxylic acid groups (broad SMARTS) is 1. The Morgan fingerprint density at radius 3 is 2.88 bits per heavy atom. The van der Waals surface area contributed by atoms with Crippen molar-refractivity contribution in [2.75, 3.05) is 6.54 Å². The van der Waals surface area contributed by atoms with Crippen LogP contribution in [-0.2, 0) is 4.79 Å². The first-order valence-corrected chi connectivity index (χ1v) is 6.20. The third kappa shape index (κ3) is 2.35. The Labute approximate surface area is 107 Å². The maximum Gasteiger partial charge on any atom is 0.307 e. The summed E-state index contributed by atoms with van der Waals surface area (Å²) in [6.45, 7) is 2.27. The van der Waals surface area contributed by atoms with Gasteiger partial charge in [-0.1, -0.05) is 22.0 Å². The van der Waals surface area contributed by atoms with E-state index in [-0.39, 0.29) is 11.9 Å². The molecule has 92 valence electrons. The van der Waals surface area contributed by atoms with Crippen molar-refractivity contribution in [1.82, 2.24) is 5.32 Å². The molecule has 1 aromatic carbocycles. The zero-order chi connectivity index (χ0) is 12.6. The summed E-state index contributed by atoms with van der Waals surface area (Å²) in [6, 6.07) is 2.89. The van der Waals surface area contributed by atoms with E-state index in [9.17, 15) is 9.18 Å². The molecule has 17 heavy (non-hydrogen) atoms. The van der Waals surface area contributed by atoms with E-state index in [1.54, 1.807) is 6.07 Å². The molecule has 1 saturated heterocycles. The van der Waals surface area contributed by atoms with Gasteiger partial charge in [0.15, 0.2) is 0 Å². The Kier molecular flexibility index (Phi) is 3.49. The van der Waals surface area contributed by atoms with Crippen LogP contribution in [0.15, 0.2) is 16.6 Å². The summed E-state index contributed by atoms with van der Waals surface area (Å²) in [4.78, 5) is 10.9. The number of carboxylic acids is 1. The van der Waals surface area contributed by atoms with Gasteiger partial charge in [-0.2, -0.15) is 0 Å². The van der Waals surface area contributed by atoms with Gasteiger partial charge in [0.1, 0.15) is 5.82 Å². The summed E-state index contributed by atoms with van der Waals surface area (Å²) in [6.07, 6.45) is 0.425. The Balaban J connectivity index is 2.30. The molecule has 2 atom stereocenters. The number of rotatable bonds is 2. The van der Waals surface area contributed by atoms with Crippen molar-refractivity contribution >= 4 is 21.9 Å². The Bertz CT molecular complexity index is 464. The van der Waals surface area contributed by atoms with Crippen molar-refractivity contribution in [2.24, 2.45) is 5.92 Å². The summed E-state index contributed by atoms with van der Waals surface area (Å²) in [5.41, 5.74) is 1.48. The Morgan fingerprint density at radius 2 is 2.29 bits per heavy atom. The van der Waals surface area contributed by atoms with Gasteiger partial charge in [-0.15, -0.1) is 0 Å². The lowest BCUT2D eigenvalue weighted by atomic mass is 9.98. The van der Waals surface area contributed by atoms with Gasteiger partial charge in [0.25, 0.3) is 0 Å². The summed E-state index contributed by atoms with van der Waals surface area (Å²) < 4.78 is 14.5. The minimum atomic E-state index is -0.829. The molecule has 0 spiro atoms. The summed E-state index contributed by atoms with van der Waals surface area (Å²) >= 11 is 3.37. The Hall–Kier alpha value is -0.940. The second kappa shape index (κ2) is 4.74. The molecular formula is C12H13BrFNO2. The third-order valence-electron chi connectivity index (χ3n) is 3.15. The maximum atomic E-state index is 13.8. The van der Waals surface area contributed by atoms with Crippen molar-refractivity contribution in [2.45, 2.75) is 19.4 Å². The van der Waals surface area contributed by atoms with E-state index in [0.717, 1.165) is 10.0 Å². The molecule has 1 aromatic rings. The highest BCUT2D eigenvalue weighted by Gasteiger charge is 2.32. The first kappa shape index (κ1) is 12.5. The van der Waals surface area contributed by atoms with Crippen molar-refractivity contribution in [1.29, 1.82) is 0 Å². The molecule has 1 heterocycles. The number of hydrogen-bond donors (Lipinski definition) is 2. The van der Waals surface area contributed by atoms with Crippen LogP contribution < -0.4 is 5.32 Å². The van der Waals surface area contributed by atoms with Crippen LogP contribution in [0, 0.1) is 18.7 Å². The molecule has 0 radical (unpaired) electrons. The molecule has 2 N–H and O–H groups in total. The van der Waals surface area contributed by atoms with Crippen LogP contribution in [0.3, 0.4) is 0 Å². The molecule has 0 saturated carbocycles. The van der Waals surface area contributed by atoms with Gasteiger partial charge in [0, 0.05) is 22.6 Å². The SMILES string of the molecule is Cc1ccc(F)c(C2CC(C(=O)O)CN2)c1Br. The molecule has 1 aliphatic heterocycles. The highest BCUT2D eigenvalue weighted by Crippen LogP contribution is 2.35. The standard InChI is InChI=1S/C12H13BrFNO2/c1-6-2-3-8(14)10(11(6)13)9-4-7(5-15-9)12(16)17/h2-3,7,9,15H,4-5H2,1H3,(H,16,17). The fraction of sp³-hybridized carbons (Fsp3) is 0.417. The van der Waals surface area contributed by atoms with E-state index in [0.29, 0.717) is 18.5 Å². The van der Waals surface area contributed by atoms with Gasteiger partial charge in [0.05, 0.1) is 5.92 Å². The van der Waals surface area contributed by atoms with Crippen LogP contribution in [0.5, 0.6) is 0 Å². The van der Waals surface area contributed by atoms with E-state index < -0.39 is 11.9 Å². The fourth-order valence-electron chi connectivity index (χ4n) is 2.14. The predicted molar refractivity (Wildman–Crippen MR) is 65.3 cm³/mol. The molecule has 1 fully saturated rings. The van der Waals surface area contributed by atoms with Gasteiger partial charge in [-0.05, 0) is 25.0 Å². The van der Waals surface area contributed by atoms with Gasteiger partial charge in [-0.25, -0.2) is 4.39 Å². The molecule has 2 unspecified atom stereocenters. The molecule has 0 bridgehead atoms. The first-order chi connectivity index (χ1) is 8.00. The van der Waals surface area contributed by atoms with Gasteiger partial charge >= 0.3 is 5.97 Å². The summed E-state index contributed by atoms with van der Waals surface area (Å²) in [7, 11) is 0. The lowest BCUT2D eigenvalue weighted by Gasteiger charge is -2.15. The molecule has 3 nitrogen and oxygen atoms in total. The van der Waals surface area contributed by atoms with E-state index in [1.807, 2.05) is 6.92 Å². The first-order valence-electron chi connectivity index (χ1n) is 5.41. The lowest BCUT2D eigenvalue weighted by Crippen LogP contribution is -2.18. The van der Waals surface area contributed by atoms with Crippen LogP contribution in [0.25, 0.3) is 0 Å². The Morgan fingerprint density at radius 1 is 1.59 bits per heavy atom. The van der Waals surface area contributed by atoms with E-state index >= 15 is 0 Å². The molecule has 0 aliphatic carbocycles. The number of benzene rings is 1. The second-order valence-electron chi connectivity index (χ2n) is 4.32. The van der Waals surface area contributed by atoms with Crippen molar-refractivity contribution < 1.29 is 14.3 Å². The monoisotopic (exact) mass is 301 g/mol. The number of hydrogen-bond acceptors (Lipinski definition) is 2. The average molecular weight is 302 g/mol. The molecule has 2 rings (SSSR count). The summed E-state index contributed by atoms with van der Waals surface area (Å²) in [5.74, 6) is -1.57. The number of aryl methyl sites for hydroxylation is 1. The largest absolute Gasteiger partial charge is 0.481 e. The average Bonchev–Trinajstić information content (AvgIpc) is 2.73. The topological polar surface area (TPSA) is 49.3 Å². The van der Waals surface area contributed by atoms with Crippen molar-refractivity contribution in [3.8, 4) is 0 Å². The number of halogens is 2. The van der Waals surface area contributed by atoms with Crippen LogP contribution in [0.1, 0.15) is 23.6 Å². The van der Waals surface area contributed by atoms with Crippen LogP contribution in [-0.4, -0.2) is 17.6 Å². The smallest absolute Gasteiger partial charge is 0.307 e. The molecular weight excluding hydrogens is 289 g/mol. The van der Waals surface area contributed by atoms with Crippen molar-refractivity contribution in [3.63, 3.8) is 0 Å². The molecule has 5 heteroatoms. The lowest BCUT2D eigenvalue weighted by molar-refractivity contribution is -0.141. The van der Waals surface area contributed by atoms with E-state index in [1.165, 1.54) is 6.07 Å². The molecule has 0 amide bonds. The van der Waals surface area contributed by atoms with Crippen LogP contribution in [0.4, 0.5) is 4.39 Å². The zero-order valence-electron chi connectivity index (χ0n) is 9.34. The molecule has 0 aromatic heterocycles. The number of nitrogens with one attached hydrogen (secondary N) is 1. The minimum absolute atomic E-state index is 0.231. The number of aliphatic carboxylic acids is 1. The highest BCUT2D eigenvalue weighted by atomic mass is 79.9. The van der Waals surface area contributed by atoms with E-state index in [2.05, 4.69) is 21.2 Å². The number of carbonyl (C=O) groups is 1. The zero-order valence-corrected chi connectivity index (χ0v) is 10.9. The normalized spacial score (nSPS) is 23.9. The van der Waals surface area contributed by atoms with Gasteiger partial charge in [0.2, 0.25) is 0 Å². The van der Waals surface area contributed by atoms with Crippen LogP contribution >= 0.6 is 15.9 Å².